The number of nitrogens with one attached hydrogen (secondary N) is 2. The van der Waals surface area contributed by atoms with Crippen LogP contribution in [0, 0.1) is 0 Å². The summed E-state index contributed by atoms with van der Waals surface area (Å²) in [7, 11) is -7.11. The first-order valence-electron chi connectivity index (χ1n) is 3.70. The van der Waals surface area contributed by atoms with E-state index in [0.29, 0.717) is 0 Å². The van der Waals surface area contributed by atoms with E-state index in [2.05, 4.69) is 4.52 Å². The van der Waals surface area contributed by atoms with Crippen molar-refractivity contribution in [1.82, 2.24) is 9.97 Å². The maximum Gasteiger partial charge on any atom is 0.542 e. The first-order chi connectivity index (χ1) is 7.82. The number of rotatable bonds is 3. The second kappa shape index (κ2) is 5.07. The quantitative estimate of drug-likeness (QED) is 0.549. The third-order valence-corrected chi connectivity index (χ3v) is 2.57. The third-order valence-electron chi connectivity index (χ3n) is 1.46. The van der Waals surface area contributed by atoms with Crippen molar-refractivity contribution in [3.05, 3.63) is 26.5 Å². The molecule has 0 aromatic carbocycles. The average molecular weight is 280 g/mol. The van der Waals surface area contributed by atoms with Gasteiger partial charge in [-0.2, -0.15) is 0 Å². The van der Waals surface area contributed by atoms with Gasteiger partial charge in [0.05, 0.1) is 0 Å². The number of aromatic amines is 2. The third kappa shape index (κ3) is 3.11. The predicted octanol–water partition coefficient (Wildman–Crippen LogP) is -3.03. The van der Waals surface area contributed by atoms with E-state index in [1.807, 2.05) is 0 Å². The fraction of sp³-hybridized carbons (Fsp3) is 0. The van der Waals surface area contributed by atoms with Crippen molar-refractivity contribution in [3.63, 3.8) is 0 Å². The zero-order chi connectivity index (χ0) is 13.2. The highest BCUT2D eigenvalue weighted by molar-refractivity contribution is 7.46. The van der Waals surface area contributed by atoms with Crippen LogP contribution in [0.2, 0.25) is 0 Å². The van der Waals surface area contributed by atoms with Crippen molar-refractivity contribution < 1.29 is 28.2 Å². The molecule has 2 atom stereocenters. The SMILES string of the molecule is O=C(O[P+](=O)[O-])c1[nH]c(=O)[nH]c(=O)c1[P+](=O)[O-]. The molecule has 0 aliphatic heterocycles. The van der Waals surface area contributed by atoms with Crippen LogP contribution >= 0.6 is 16.3 Å². The van der Waals surface area contributed by atoms with E-state index >= 15 is 0 Å². The van der Waals surface area contributed by atoms with Gasteiger partial charge in [0.1, 0.15) is 0 Å². The Kier molecular flexibility index (Phi) is 3.97. The van der Waals surface area contributed by atoms with Gasteiger partial charge in [0.15, 0.2) is 5.69 Å². The van der Waals surface area contributed by atoms with Crippen LogP contribution < -0.4 is 26.3 Å². The molecule has 2 N–H and O–H groups in total. The predicted molar refractivity (Wildman–Crippen MR) is 47.9 cm³/mol. The van der Waals surface area contributed by atoms with E-state index in [0.717, 1.165) is 0 Å². The van der Waals surface area contributed by atoms with Gasteiger partial charge in [-0.05, 0) is 4.57 Å². The molecule has 2 unspecified atom stereocenters. The highest BCUT2D eigenvalue weighted by atomic mass is 31.1. The lowest BCUT2D eigenvalue weighted by atomic mass is 10.4. The van der Waals surface area contributed by atoms with Gasteiger partial charge in [-0.1, -0.05) is 4.57 Å². The highest BCUT2D eigenvalue weighted by Crippen LogP contribution is 2.13. The van der Waals surface area contributed by atoms with Gasteiger partial charge in [0.25, 0.3) is 5.30 Å². The molecule has 10 nitrogen and oxygen atoms in total. The van der Waals surface area contributed by atoms with Gasteiger partial charge in [0.2, 0.25) is 0 Å². The van der Waals surface area contributed by atoms with Crippen LogP contribution in [0.4, 0.5) is 0 Å². The van der Waals surface area contributed by atoms with Crippen LogP contribution in [-0.4, -0.2) is 15.9 Å². The first kappa shape index (κ1) is 13.3. The van der Waals surface area contributed by atoms with Crippen molar-refractivity contribution in [2.45, 2.75) is 0 Å². The molecule has 1 aromatic rings. The van der Waals surface area contributed by atoms with Crippen LogP contribution in [0.25, 0.3) is 0 Å². The van der Waals surface area contributed by atoms with Crippen molar-refractivity contribution in [2.24, 2.45) is 0 Å². The van der Waals surface area contributed by atoms with Crippen LogP contribution in [0.3, 0.4) is 0 Å². The summed E-state index contributed by atoms with van der Waals surface area (Å²) in [6.45, 7) is 0. The second-order valence-electron chi connectivity index (χ2n) is 2.49. The Labute approximate surface area is 93.1 Å². The highest BCUT2D eigenvalue weighted by Gasteiger charge is 2.30. The molecule has 0 fully saturated rings. The first-order valence-corrected chi connectivity index (χ1v) is 5.98. The summed E-state index contributed by atoms with van der Waals surface area (Å²) in [5.41, 5.74) is -3.57. The van der Waals surface area contributed by atoms with E-state index in [1.54, 1.807) is 9.97 Å². The molecule has 17 heavy (non-hydrogen) atoms. The van der Waals surface area contributed by atoms with Gasteiger partial charge in [-0.15, -0.1) is 0 Å². The normalized spacial score (nSPS) is 11.9. The van der Waals surface area contributed by atoms with Gasteiger partial charge in [0, 0.05) is 0 Å². The number of hydrogen-bond acceptors (Lipinski definition) is 8. The molecule has 1 rings (SSSR count). The summed E-state index contributed by atoms with van der Waals surface area (Å²) in [4.78, 5) is 57.0. The monoisotopic (exact) mass is 280 g/mol. The van der Waals surface area contributed by atoms with Gasteiger partial charge >= 0.3 is 33.5 Å². The summed E-state index contributed by atoms with van der Waals surface area (Å²) >= 11 is 0. The van der Waals surface area contributed by atoms with Crippen molar-refractivity contribution in [3.8, 4) is 0 Å². The maximum absolute atomic E-state index is 11.1. The summed E-state index contributed by atoms with van der Waals surface area (Å²) in [5, 5.41) is -1.08. The minimum absolute atomic E-state index is 1.05. The van der Waals surface area contributed by atoms with Crippen LogP contribution in [0.15, 0.2) is 9.59 Å². The molecule has 0 aliphatic carbocycles. The minimum atomic E-state index is -3.60. The minimum Gasteiger partial charge on any atom is -0.591 e. The zero-order valence-electron chi connectivity index (χ0n) is 7.66. The average Bonchev–Trinajstić information content (AvgIpc) is 2.14. The summed E-state index contributed by atoms with van der Waals surface area (Å²) < 4.78 is 24.4. The molecule has 0 bridgehead atoms. The molecule has 12 heteroatoms. The molecule has 0 aliphatic rings. The number of H-pyrrole nitrogens is 2. The second-order valence-corrected chi connectivity index (χ2v) is 4.08. The molecule has 0 radical (unpaired) electrons. The molecule has 0 saturated heterocycles. The number of hydrogen-bond donors (Lipinski definition) is 2. The van der Waals surface area contributed by atoms with Crippen LogP contribution in [0.1, 0.15) is 10.5 Å². The molecule has 0 spiro atoms. The van der Waals surface area contributed by atoms with Gasteiger partial charge in [-0.3, -0.25) is 14.8 Å². The Morgan fingerprint density at radius 3 is 2.24 bits per heavy atom. The Morgan fingerprint density at radius 1 is 1.18 bits per heavy atom. The van der Waals surface area contributed by atoms with Crippen molar-refractivity contribution in [2.75, 3.05) is 0 Å². The fourth-order valence-electron chi connectivity index (χ4n) is 0.915. The zero-order valence-corrected chi connectivity index (χ0v) is 9.45. The molecular weight excluding hydrogens is 278 g/mol. The molecule has 0 saturated carbocycles. The number of aromatic nitrogens is 2. The topological polar surface area (TPSA) is 172 Å². The standard InChI is InChI=1S/C5H2N2O8P2/c8-3-2(16(11)12)1(6-5(10)7-3)4(9)15-17(13)14/h(H2,6,7,8,10). The Balaban J connectivity index is 3.46. The van der Waals surface area contributed by atoms with Gasteiger partial charge < -0.3 is 9.79 Å². The Bertz CT molecular complexity index is 615. The number of carbonyl (C=O) groups excluding carboxylic acids is 1. The maximum atomic E-state index is 11.1. The van der Waals surface area contributed by atoms with Crippen molar-refractivity contribution >= 4 is 27.6 Å². The molecular formula is C5H2N2O8P2. The molecule has 90 valence electrons. The Hall–Kier alpha value is -1.73. The van der Waals surface area contributed by atoms with E-state index in [9.17, 15) is 33.3 Å². The smallest absolute Gasteiger partial charge is 0.542 e. The van der Waals surface area contributed by atoms with Crippen molar-refractivity contribution in [1.29, 1.82) is 0 Å². The molecule has 1 heterocycles. The molecule has 0 amide bonds. The lowest BCUT2D eigenvalue weighted by Crippen LogP contribution is -2.39. The van der Waals surface area contributed by atoms with Gasteiger partial charge in [-0.25, -0.2) is 14.1 Å². The Morgan fingerprint density at radius 2 is 1.76 bits per heavy atom. The summed E-state index contributed by atoms with van der Waals surface area (Å²) in [6, 6.07) is 0. The largest absolute Gasteiger partial charge is 0.591 e. The summed E-state index contributed by atoms with van der Waals surface area (Å²) in [5.74, 6) is -1.67. The van der Waals surface area contributed by atoms with E-state index in [4.69, 9.17) is 0 Å². The van der Waals surface area contributed by atoms with Crippen LogP contribution in [0.5, 0.6) is 0 Å². The van der Waals surface area contributed by atoms with E-state index < -0.39 is 44.5 Å². The summed E-state index contributed by atoms with van der Waals surface area (Å²) in [6.07, 6.45) is 0. The lowest BCUT2D eigenvalue weighted by molar-refractivity contribution is -0.181. The van der Waals surface area contributed by atoms with E-state index in [1.165, 1.54) is 0 Å². The molecule has 1 aromatic heterocycles. The number of carbonyl (C=O) groups is 1. The van der Waals surface area contributed by atoms with E-state index in [-0.39, 0.29) is 0 Å². The fourth-order valence-corrected chi connectivity index (χ4v) is 1.69. The van der Waals surface area contributed by atoms with Crippen LogP contribution in [-0.2, 0) is 13.7 Å². The lowest BCUT2D eigenvalue weighted by Gasteiger charge is -1.96.